The third-order valence-corrected chi connectivity index (χ3v) is 3.20. The Kier molecular flexibility index (Phi) is 7.31. The monoisotopic (exact) mass is 369 g/mol. The first-order valence-electron chi connectivity index (χ1n) is 6.70. The van der Waals surface area contributed by atoms with Crippen LogP contribution in [0.25, 0.3) is 0 Å². The van der Waals surface area contributed by atoms with Crippen molar-refractivity contribution in [2.24, 2.45) is 5.92 Å². The van der Waals surface area contributed by atoms with Crippen molar-refractivity contribution in [3.8, 4) is 11.5 Å². The normalized spacial score (nSPS) is 13.0. The van der Waals surface area contributed by atoms with Gasteiger partial charge in [0.25, 0.3) is 0 Å². The van der Waals surface area contributed by atoms with E-state index in [1.807, 2.05) is 6.92 Å². The number of nitrogens with one attached hydrogen (secondary N) is 1. The number of hydrogen-bond donors (Lipinski definition) is 1. The van der Waals surface area contributed by atoms with Crippen LogP contribution < -0.4 is 14.8 Å². The average Bonchev–Trinajstić information content (AvgIpc) is 2.38. The lowest BCUT2D eigenvalue weighted by atomic mass is 10.2. The first-order valence-corrected chi connectivity index (χ1v) is 7.50. The molecule has 0 radical (unpaired) electrons. The summed E-state index contributed by atoms with van der Waals surface area (Å²) in [6.45, 7) is 6.42. The van der Waals surface area contributed by atoms with Crippen LogP contribution in [0.5, 0.6) is 11.5 Å². The van der Waals surface area contributed by atoms with E-state index < -0.39 is 6.36 Å². The highest BCUT2D eigenvalue weighted by Crippen LogP contribution is 2.33. The first kappa shape index (κ1) is 18.1. The third kappa shape index (κ3) is 7.57. The van der Waals surface area contributed by atoms with Crippen molar-refractivity contribution < 1.29 is 22.6 Å². The van der Waals surface area contributed by atoms with E-state index in [9.17, 15) is 13.2 Å². The molecule has 0 bridgehead atoms. The van der Waals surface area contributed by atoms with Crippen molar-refractivity contribution in [3.63, 3.8) is 0 Å². The second kappa shape index (κ2) is 8.48. The molecule has 0 aromatic heterocycles. The van der Waals surface area contributed by atoms with Crippen LogP contribution in [0.3, 0.4) is 0 Å². The third-order valence-electron chi connectivity index (χ3n) is 2.58. The molecule has 0 amide bonds. The molecular weight excluding hydrogens is 351 g/mol. The average molecular weight is 370 g/mol. The number of hydrogen-bond acceptors (Lipinski definition) is 3. The Balaban J connectivity index is 2.48. The fourth-order valence-electron chi connectivity index (χ4n) is 1.60. The molecule has 7 heteroatoms. The number of ether oxygens (including phenoxy) is 2. The summed E-state index contributed by atoms with van der Waals surface area (Å²) in [6.07, 6.45) is -3.63. The molecule has 1 unspecified atom stereocenters. The molecule has 120 valence electrons. The second-order valence-electron chi connectivity index (χ2n) is 4.76. The lowest BCUT2D eigenvalue weighted by Crippen LogP contribution is -2.25. The van der Waals surface area contributed by atoms with Crippen LogP contribution in [0.15, 0.2) is 22.7 Å². The molecule has 1 aromatic rings. The molecule has 3 nitrogen and oxygen atoms in total. The summed E-state index contributed by atoms with van der Waals surface area (Å²) in [6, 6.07) is 4.15. The van der Waals surface area contributed by atoms with Crippen molar-refractivity contribution in [1.82, 2.24) is 5.32 Å². The molecule has 1 N–H and O–H groups in total. The van der Waals surface area contributed by atoms with Gasteiger partial charge < -0.3 is 14.8 Å². The summed E-state index contributed by atoms with van der Waals surface area (Å²) in [7, 11) is 0. The minimum Gasteiger partial charge on any atom is -0.493 e. The largest absolute Gasteiger partial charge is 0.573 e. The zero-order chi connectivity index (χ0) is 15.9. The van der Waals surface area contributed by atoms with Gasteiger partial charge in [-0.2, -0.15) is 0 Å². The highest BCUT2D eigenvalue weighted by Gasteiger charge is 2.31. The van der Waals surface area contributed by atoms with Gasteiger partial charge in [-0.25, -0.2) is 0 Å². The van der Waals surface area contributed by atoms with Crippen molar-refractivity contribution in [2.75, 3.05) is 19.7 Å². The van der Waals surface area contributed by atoms with E-state index in [1.54, 1.807) is 0 Å². The maximum atomic E-state index is 12.1. The van der Waals surface area contributed by atoms with Crippen LogP contribution in [0.4, 0.5) is 13.2 Å². The van der Waals surface area contributed by atoms with Crippen LogP contribution in [0, 0.1) is 5.92 Å². The van der Waals surface area contributed by atoms with Crippen LogP contribution in [0.2, 0.25) is 0 Å². The molecule has 0 aliphatic heterocycles. The topological polar surface area (TPSA) is 30.5 Å². The Morgan fingerprint density at radius 3 is 2.62 bits per heavy atom. The predicted octanol–water partition coefficient (Wildman–Crippen LogP) is 4.36. The van der Waals surface area contributed by atoms with Crippen LogP contribution in [-0.4, -0.2) is 26.1 Å². The quantitative estimate of drug-likeness (QED) is 0.690. The Bertz CT molecular complexity index is 441. The predicted molar refractivity (Wildman–Crippen MR) is 78.6 cm³/mol. The minimum absolute atomic E-state index is 0.203. The molecule has 1 atom stereocenters. The maximum absolute atomic E-state index is 12.1. The van der Waals surface area contributed by atoms with Crippen molar-refractivity contribution in [1.29, 1.82) is 0 Å². The van der Waals surface area contributed by atoms with Gasteiger partial charge in [-0.1, -0.05) is 13.8 Å². The summed E-state index contributed by atoms with van der Waals surface area (Å²) in [5.74, 6) is 0.521. The molecule has 0 aliphatic carbocycles. The fraction of sp³-hybridized carbons (Fsp3) is 0.571. The Morgan fingerprint density at radius 1 is 1.33 bits per heavy atom. The molecule has 1 aromatic carbocycles. The molecule has 0 saturated heterocycles. The van der Waals surface area contributed by atoms with E-state index in [-0.39, 0.29) is 10.2 Å². The Labute approximate surface area is 130 Å². The molecule has 21 heavy (non-hydrogen) atoms. The van der Waals surface area contributed by atoms with Gasteiger partial charge >= 0.3 is 6.36 Å². The van der Waals surface area contributed by atoms with Gasteiger partial charge in [-0.15, -0.1) is 13.2 Å². The summed E-state index contributed by atoms with van der Waals surface area (Å²) in [5.41, 5.74) is 0. The van der Waals surface area contributed by atoms with E-state index in [1.165, 1.54) is 18.2 Å². The highest BCUT2D eigenvalue weighted by atomic mass is 79.9. The van der Waals surface area contributed by atoms with Crippen LogP contribution in [0.1, 0.15) is 20.3 Å². The minimum atomic E-state index is -4.70. The van der Waals surface area contributed by atoms with Gasteiger partial charge in [0.05, 0.1) is 11.1 Å². The van der Waals surface area contributed by atoms with Crippen molar-refractivity contribution in [3.05, 3.63) is 22.7 Å². The van der Waals surface area contributed by atoms with Gasteiger partial charge in [0.15, 0.2) is 0 Å². The molecule has 0 aliphatic rings. The summed E-state index contributed by atoms with van der Waals surface area (Å²) >= 11 is 3.04. The summed E-state index contributed by atoms with van der Waals surface area (Å²) < 4.78 is 46.1. The molecular formula is C14H19BrF3NO2. The standard InChI is InChI=1S/C14H19BrF3NO2/c1-3-6-19-8-10(2)9-20-11-4-5-13(12(15)7-11)21-14(16,17)18/h4-5,7,10,19H,3,6,8-9H2,1-2H3. The lowest BCUT2D eigenvalue weighted by molar-refractivity contribution is -0.274. The highest BCUT2D eigenvalue weighted by molar-refractivity contribution is 9.10. The summed E-state index contributed by atoms with van der Waals surface area (Å²) in [5, 5.41) is 3.28. The summed E-state index contributed by atoms with van der Waals surface area (Å²) in [4.78, 5) is 0. The number of alkyl halides is 3. The Morgan fingerprint density at radius 2 is 2.05 bits per heavy atom. The number of halogens is 4. The Hall–Kier alpha value is -0.950. The smallest absolute Gasteiger partial charge is 0.493 e. The van der Waals surface area contributed by atoms with E-state index in [4.69, 9.17) is 4.74 Å². The molecule has 0 saturated carbocycles. The SMILES string of the molecule is CCCNCC(C)COc1ccc(OC(F)(F)F)c(Br)c1. The van der Waals surface area contributed by atoms with Gasteiger partial charge in [-0.3, -0.25) is 0 Å². The lowest BCUT2D eigenvalue weighted by Gasteiger charge is -2.15. The van der Waals surface area contributed by atoms with E-state index in [0.29, 0.717) is 18.3 Å². The second-order valence-corrected chi connectivity index (χ2v) is 5.61. The zero-order valence-electron chi connectivity index (χ0n) is 12.0. The van der Waals surface area contributed by atoms with Crippen LogP contribution >= 0.6 is 15.9 Å². The van der Waals surface area contributed by atoms with E-state index >= 15 is 0 Å². The van der Waals surface area contributed by atoms with Gasteiger partial charge in [0, 0.05) is 12.5 Å². The van der Waals surface area contributed by atoms with Crippen molar-refractivity contribution >= 4 is 15.9 Å². The molecule has 1 rings (SSSR count). The van der Waals surface area contributed by atoms with E-state index in [0.717, 1.165) is 19.5 Å². The number of rotatable bonds is 8. The maximum Gasteiger partial charge on any atom is 0.573 e. The van der Waals surface area contributed by atoms with Crippen LogP contribution in [-0.2, 0) is 0 Å². The fourth-order valence-corrected chi connectivity index (χ4v) is 2.04. The van der Waals surface area contributed by atoms with Gasteiger partial charge in [0.2, 0.25) is 0 Å². The zero-order valence-corrected chi connectivity index (χ0v) is 13.6. The molecule has 0 fully saturated rings. The van der Waals surface area contributed by atoms with Gasteiger partial charge in [0.1, 0.15) is 11.5 Å². The van der Waals surface area contributed by atoms with Gasteiger partial charge in [-0.05, 0) is 47.1 Å². The first-order chi connectivity index (χ1) is 9.81. The number of benzene rings is 1. The van der Waals surface area contributed by atoms with E-state index in [2.05, 4.69) is 32.9 Å². The molecule has 0 heterocycles. The molecule has 0 spiro atoms. The van der Waals surface area contributed by atoms with Crippen molar-refractivity contribution in [2.45, 2.75) is 26.6 Å².